The number of pyridine rings is 1. The van der Waals surface area contributed by atoms with Gasteiger partial charge in [-0.05, 0) is 36.4 Å². The summed E-state index contributed by atoms with van der Waals surface area (Å²) in [5.41, 5.74) is 2.52. The van der Waals surface area contributed by atoms with Crippen LogP contribution in [0.2, 0.25) is 0 Å². The second-order valence-electron chi connectivity index (χ2n) is 5.50. The van der Waals surface area contributed by atoms with Gasteiger partial charge in [-0.15, -0.1) is 0 Å². The summed E-state index contributed by atoms with van der Waals surface area (Å²) in [5, 5.41) is 1.26. The Morgan fingerprint density at radius 1 is 0.808 bits per heavy atom. The molecule has 9 heteroatoms. The summed E-state index contributed by atoms with van der Waals surface area (Å²) in [7, 11) is -8.97. The number of fused-ring (bicyclic) bond motifs is 1. The Morgan fingerprint density at radius 3 is 1.92 bits per heavy atom. The summed E-state index contributed by atoms with van der Waals surface area (Å²) in [6, 6.07) is 20.9. The number of ether oxygens (including phenoxy) is 1. The summed E-state index contributed by atoms with van der Waals surface area (Å²) in [6.07, 6.45) is 2.12. The van der Waals surface area contributed by atoms with E-state index in [0.29, 0.717) is 0 Å². The number of hydrogen-bond acceptors (Lipinski definition) is 1. The van der Waals surface area contributed by atoms with E-state index in [-0.39, 0.29) is 0 Å². The first-order valence-electron chi connectivity index (χ1n) is 7.38. The summed E-state index contributed by atoms with van der Waals surface area (Å²) in [5.74, 6) is 0.895. The molecule has 3 aromatic rings. The Bertz CT molecular complexity index is 878. The fourth-order valence-electron chi connectivity index (χ4n) is 2.29. The summed E-state index contributed by atoms with van der Waals surface area (Å²) in [6.45, 7) is 0.866. The third-order valence-corrected chi connectivity index (χ3v) is 3.30. The quantitative estimate of drug-likeness (QED) is 0.278. The number of nitrogens with zero attached hydrogens (tertiary/aromatic N) is 1. The van der Waals surface area contributed by atoms with Crippen molar-refractivity contribution < 1.29 is 34.5 Å². The van der Waals surface area contributed by atoms with Gasteiger partial charge in [-0.3, -0.25) is 0 Å². The fourth-order valence-corrected chi connectivity index (χ4v) is 2.29. The molecule has 0 aliphatic heterocycles. The van der Waals surface area contributed by atoms with Gasteiger partial charge in [0.15, 0.2) is 12.7 Å². The first-order valence-corrected chi connectivity index (χ1v) is 9.41. The average Bonchev–Trinajstić information content (AvgIpc) is 2.53. The molecule has 0 radical (unpaired) electrons. The number of para-hydroxylation sites is 1. The van der Waals surface area contributed by atoms with E-state index in [4.69, 9.17) is 4.74 Å². The maximum absolute atomic E-state index is 10.7. The van der Waals surface area contributed by atoms with Crippen molar-refractivity contribution in [2.24, 2.45) is 0 Å². The molecule has 0 aliphatic carbocycles. The zero-order chi connectivity index (χ0) is 19.5. The molecule has 0 saturated heterocycles. The van der Waals surface area contributed by atoms with Crippen molar-refractivity contribution in [2.45, 2.75) is 6.54 Å². The van der Waals surface area contributed by atoms with Gasteiger partial charge >= 0.3 is 33.0 Å². The van der Waals surface area contributed by atoms with E-state index in [1.807, 2.05) is 12.1 Å². The molecule has 0 saturated carbocycles. The van der Waals surface area contributed by atoms with E-state index in [0.717, 1.165) is 12.3 Å². The van der Waals surface area contributed by atoms with Gasteiger partial charge in [0, 0.05) is 23.1 Å². The summed E-state index contributed by atoms with van der Waals surface area (Å²) < 4.78 is 66.6. The van der Waals surface area contributed by atoms with Crippen molar-refractivity contribution in [3.8, 4) is 5.75 Å². The Kier molecular flexibility index (Phi) is 4.94. The molecule has 1 aromatic heterocycles. The van der Waals surface area contributed by atoms with Gasteiger partial charge in [0.2, 0.25) is 5.52 Å². The fraction of sp³-hybridized carbons (Fsp3) is 0.118. The first-order chi connectivity index (χ1) is 11.8. The Morgan fingerprint density at radius 2 is 1.35 bits per heavy atom. The van der Waals surface area contributed by atoms with Crippen LogP contribution in [0.15, 0.2) is 66.9 Å². The number of hydrogen-bond donors (Lipinski definition) is 0. The zero-order valence-corrected chi connectivity index (χ0v) is 14.5. The van der Waals surface area contributed by atoms with Gasteiger partial charge in [0.25, 0.3) is 0 Å². The molecule has 0 atom stereocenters. The van der Waals surface area contributed by atoms with Crippen LogP contribution in [0.1, 0.15) is 5.56 Å². The number of halogens is 6. The number of benzene rings is 2. The molecule has 26 heavy (non-hydrogen) atoms. The summed E-state index contributed by atoms with van der Waals surface area (Å²) in [4.78, 5) is 0. The van der Waals surface area contributed by atoms with Crippen molar-refractivity contribution in [1.82, 2.24) is 0 Å². The van der Waals surface area contributed by atoms with Crippen LogP contribution < -0.4 is 9.30 Å². The molecule has 2 aromatic carbocycles. The Balaban J connectivity index is 0.000000298. The molecule has 0 bridgehead atoms. The second-order valence-corrected chi connectivity index (χ2v) is 7.42. The SMILES string of the molecule is COc1ccc(C[n+]2cccc3ccccc32)cc1.F[P-](F)(F)(F)(F)F. The van der Waals surface area contributed by atoms with Crippen molar-refractivity contribution in [3.05, 3.63) is 72.4 Å². The van der Waals surface area contributed by atoms with Crippen LogP contribution in [0.25, 0.3) is 10.9 Å². The normalized spacial score (nSPS) is 14.0. The molecule has 1 heterocycles. The molecule has 0 spiro atoms. The maximum atomic E-state index is 9.87. The molecule has 0 unspecified atom stereocenters. The molecular formula is C17H16F6NOP. The van der Waals surface area contributed by atoms with Crippen LogP contribution in [0.5, 0.6) is 5.75 Å². The molecule has 0 amide bonds. The van der Waals surface area contributed by atoms with E-state index in [1.165, 1.54) is 16.5 Å². The minimum atomic E-state index is -10.7. The molecule has 2 nitrogen and oxygen atoms in total. The molecule has 142 valence electrons. The van der Waals surface area contributed by atoms with E-state index < -0.39 is 7.81 Å². The van der Waals surface area contributed by atoms with Gasteiger partial charge in [0.05, 0.1) is 7.11 Å². The van der Waals surface area contributed by atoms with Crippen molar-refractivity contribution in [2.75, 3.05) is 7.11 Å². The van der Waals surface area contributed by atoms with Gasteiger partial charge in [0.1, 0.15) is 5.75 Å². The second kappa shape index (κ2) is 6.43. The predicted molar refractivity (Wildman–Crippen MR) is 89.8 cm³/mol. The Hall–Kier alpha value is -2.34. The standard InChI is InChI=1S/C17H16NO.F6P/c1-19-16-10-8-14(9-11-16)13-18-12-4-6-15-5-2-3-7-17(15)18;1-7(2,3,4,5)6/h2-12H,13H2,1H3;/q+1;-1. The van der Waals surface area contributed by atoms with Crippen molar-refractivity contribution in [3.63, 3.8) is 0 Å². The molecular weight excluding hydrogens is 379 g/mol. The topological polar surface area (TPSA) is 13.1 Å². The van der Waals surface area contributed by atoms with Crippen LogP contribution in [0, 0.1) is 0 Å². The average molecular weight is 395 g/mol. The van der Waals surface area contributed by atoms with Crippen LogP contribution in [0.3, 0.4) is 0 Å². The van der Waals surface area contributed by atoms with Crippen molar-refractivity contribution in [1.29, 1.82) is 0 Å². The third kappa shape index (κ3) is 7.70. The Labute approximate surface area is 145 Å². The molecule has 0 fully saturated rings. The third-order valence-electron chi connectivity index (χ3n) is 3.30. The first kappa shape index (κ1) is 20.0. The molecule has 0 N–H and O–H groups in total. The van der Waals surface area contributed by atoms with Crippen molar-refractivity contribution >= 4 is 18.7 Å². The van der Waals surface area contributed by atoms with E-state index in [1.54, 1.807) is 7.11 Å². The van der Waals surface area contributed by atoms with E-state index in [2.05, 4.69) is 59.3 Å². The minimum absolute atomic E-state index is 0.866. The van der Waals surface area contributed by atoms with Gasteiger partial charge in [-0.1, -0.05) is 12.1 Å². The van der Waals surface area contributed by atoms with Gasteiger partial charge in [-0.2, -0.15) is 4.57 Å². The van der Waals surface area contributed by atoms with Crippen LogP contribution >= 0.6 is 7.81 Å². The van der Waals surface area contributed by atoms with Gasteiger partial charge in [-0.25, -0.2) is 0 Å². The predicted octanol–water partition coefficient (Wildman–Crippen LogP) is 6.57. The van der Waals surface area contributed by atoms with Crippen LogP contribution in [-0.2, 0) is 6.54 Å². The van der Waals surface area contributed by atoms with E-state index in [9.17, 15) is 25.2 Å². The molecule has 0 aliphatic rings. The molecule has 3 rings (SSSR count). The number of rotatable bonds is 3. The van der Waals surface area contributed by atoms with Gasteiger partial charge < -0.3 is 4.74 Å². The van der Waals surface area contributed by atoms with Crippen LogP contribution in [-0.4, -0.2) is 7.11 Å². The van der Waals surface area contributed by atoms with Crippen LogP contribution in [0.4, 0.5) is 25.2 Å². The monoisotopic (exact) mass is 395 g/mol. The zero-order valence-electron chi connectivity index (χ0n) is 13.6. The number of aromatic nitrogens is 1. The van der Waals surface area contributed by atoms with E-state index >= 15 is 0 Å². The summed E-state index contributed by atoms with van der Waals surface area (Å²) >= 11 is 0. The number of methoxy groups -OCH3 is 1.